The van der Waals surface area contributed by atoms with Gasteiger partial charge in [-0.3, -0.25) is 9.59 Å². The topological polar surface area (TPSA) is 80.6 Å². The van der Waals surface area contributed by atoms with Crippen LogP contribution in [0.15, 0.2) is 54.6 Å². The Morgan fingerprint density at radius 3 is 2.54 bits per heavy atom. The van der Waals surface area contributed by atoms with Crippen molar-refractivity contribution in [1.29, 1.82) is 0 Å². The van der Waals surface area contributed by atoms with Crippen LogP contribution in [-0.2, 0) is 18.3 Å². The number of ether oxygens (including phenoxy) is 1. The molecular formula is C29H28ClFN2O4. The molecule has 0 saturated carbocycles. The molecule has 37 heavy (non-hydrogen) atoms. The van der Waals surface area contributed by atoms with Gasteiger partial charge in [-0.1, -0.05) is 17.7 Å². The molecule has 0 spiro atoms. The lowest BCUT2D eigenvalue weighted by Gasteiger charge is -2.17. The number of carbonyl (C=O) groups is 2. The second-order valence-corrected chi connectivity index (χ2v) is 9.63. The molecule has 0 fully saturated rings. The lowest BCUT2D eigenvalue weighted by atomic mass is 10.0. The minimum Gasteiger partial charge on any atom is -0.481 e. The number of benzene rings is 3. The van der Waals surface area contributed by atoms with Crippen LogP contribution in [0.1, 0.15) is 52.1 Å². The number of aryl methyl sites for hydroxylation is 4. The van der Waals surface area contributed by atoms with Crippen molar-refractivity contribution in [3.63, 3.8) is 0 Å². The number of fused-ring (bicyclic) bond motifs is 1. The Kier molecular flexibility index (Phi) is 7.55. The van der Waals surface area contributed by atoms with Gasteiger partial charge >= 0.3 is 5.97 Å². The zero-order valence-corrected chi connectivity index (χ0v) is 21.8. The van der Waals surface area contributed by atoms with E-state index >= 15 is 0 Å². The molecule has 4 aromatic rings. The standard InChI is InChI=1S/C29H28ClFN2O4/c1-16-11-23(8-5-19(16)6-10-27(34)35)37-24-13-20(12-22(31)15-24)18(3)32-29(36)28-17(2)25-14-21(30)7-9-26(25)33(28)4/h5,7-9,11-15,18H,6,10H2,1-4H3,(H,32,36)(H,34,35)/t18-/m0/s1. The van der Waals surface area contributed by atoms with E-state index in [9.17, 15) is 14.0 Å². The monoisotopic (exact) mass is 522 g/mol. The molecule has 3 aromatic carbocycles. The molecule has 4 rings (SSSR count). The first kappa shape index (κ1) is 26.2. The zero-order valence-electron chi connectivity index (χ0n) is 21.1. The fourth-order valence-corrected chi connectivity index (χ4v) is 4.73. The predicted octanol–water partition coefficient (Wildman–Crippen LogP) is 6.89. The van der Waals surface area contributed by atoms with E-state index in [1.807, 2.05) is 43.7 Å². The number of aliphatic carboxylic acids is 1. The van der Waals surface area contributed by atoms with Gasteiger partial charge in [0.05, 0.1) is 6.04 Å². The van der Waals surface area contributed by atoms with Crippen LogP contribution in [0.25, 0.3) is 10.9 Å². The highest BCUT2D eigenvalue weighted by atomic mass is 35.5. The molecule has 192 valence electrons. The maximum atomic E-state index is 14.5. The summed E-state index contributed by atoms with van der Waals surface area (Å²) in [7, 11) is 1.83. The minimum atomic E-state index is -0.854. The van der Waals surface area contributed by atoms with Crippen LogP contribution in [0.3, 0.4) is 0 Å². The van der Waals surface area contributed by atoms with E-state index in [4.69, 9.17) is 21.4 Å². The summed E-state index contributed by atoms with van der Waals surface area (Å²) >= 11 is 6.15. The summed E-state index contributed by atoms with van der Waals surface area (Å²) in [5.41, 5.74) is 4.58. The van der Waals surface area contributed by atoms with Crippen molar-refractivity contribution >= 4 is 34.4 Å². The van der Waals surface area contributed by atoms with Crippen molar-refractivity contribution < 1.29 is 23.8 Å². The fraction of sp³-hybridized carbons (Fsp3) is 0.241. The lowest BCUT2D eigenvalue weighted by Crippen LogP contribution is -2.29. The highest BCUT2D eigenvalue weighted by molar-refractivity contribution is 6.31. The van der Waals surface area contributed by atoms with Crippen molar-refractivity contribution in [2.45, 2.75) is 39.7 Å². The highest BCUT2D eigenvalue weighted by Gasteiger charge is 2.21. The van der Waals surface area contributed by atoms with E-state index in [0.717, 1.165) is 27.6 Å². The SMILES string of the molecule is Cc1cc(Oc2cc(F)cc([C@H](C)NC(=O)c3c(C)c4cc(Cl)ccc4n3C)c2)ccc1CCC(=O)O. The van der Waals surface area contributed by atoms with Crippen molar-refractivity contribution in [2.75, 3.05) is 0 Å². The van der Waals surface area contributed by atoms with E-state index in [0.29, 0.717) is 34.2 Å². The number of hydrogen-bond donors (Lipinski definition) is 2. The summed E-state index contributed by atoms with van der Waals surface area (Å²) in [6.45, 7) is 5.54. The predicted molar refractivity (Wildman–Crippen MR) is 142 cm³/mol. The number of aromatic nitrogens is 1. The van der Waals surface area contributed by atoms with E-state index in [1.54, 1.807) is 31.2 Å². The molecule has 0 radical (unpaired) electrons. The van der Waals surface area contributed by atoms with Gasteiger partial charge in [-0.2, -0.15) is 0 Å². The van der Waals surface area contributed by atoms with Gasteiger partial charge in [0, 0.05) is 35.5 Å². The van der Waals surface area contributed by atoms with E-state index < -0.39 is 17.8 Å². The second kappa shape index (κ2) is 10.6. The molecule has 0 aliphatic heterocycles. The number of amides is 1. The molecule has 8 heteroatoms. The summed E-state index contributed by atoms with van der Waals surface area (Å²) < 4.78 is 22.2. The van der Waals surface area contributed by atoms with Gasteiger partial charge in [-0.25, -0.2) is 4.39 Å². The first-order valence-corrected chi connectivity index (χ1v) is 12.3. The van der Waals surface area contributed by atoms with Crippen LogP contribution in [0, 0.1) is 19.7 Å². The number of halogens is 2. The Morgan fingerprint density at radius 2 is 1.84 bits per heavy atom. The van der Waals surface area contributed by atoms with Gasteiger partial charge in [0.2, 0.25) is 0 Å². The Bertz CT molecular complexity index is 1510. The number of carboxylic acid groups (broad SMARTS) is 1. The Morgan fingerprint density at radius 1 is 1.08 bits per heavy atom. The molecule has 1 atom stereocenters. The summed E-state index contributed by atoms with van der Waals surface area (Å²) in [5, 5.41) is 13.4. The lowest BCUT2D eigenvalue weighted by molar-refractivity contribution is -0.136. The molecule has 2 N–H and O–H groups in total. The quantitative estimate of drug-likeness (QED) is 0.264. The van der Waals surface area contributed by atoms with E-state index in [-0.39, 0.29) is 12.3 Å². The van der Waals surface area contributed by atoms with Crippen molar-refractivity contribution in [2.24, 2.45) is 7.05 Å². The summed E-state index contributed by atoms with van der Waals surface area (Å²) in [6.07, 6.45) is 0.468. The van der Waals surface area contributed by atoms with Crippen LogP contribution in [0.2, 0.25) is 5.02 Å². The average Bonchev–Trinajstić information content (AvgIpc) is 3.07. The summed E-state index contributed by atoms with van der Waals surface area (Å²) in [4.78, 5) is 24.1. The summed E-state index contributed by atoms with van der Waals surface area (Å²) in [5.74, 6) is -0.815. The smallest absolute Gasteiger partial charge is 0.303 e. The van der Waals surface area contributed by atoms with Gasteiger partial charge in [0.25, 0.3) is 5.91 Å². The maximum absolute atomic E-state index is 14.5. The molecule has 1 heterocycles. The molecule has 0 bridgehead atoms. The normalized spacial score (nSPS) is 11.9. The molecule has 0 aliphatic carbocycles. The second-order valence-electron chi connectivity index (χ2n) is 9.19. The molecule has 1 aromatic heterocycles. The van der Waals surface area contributed by atoms with Gasteiger partial charge in [-0.15, -0.1) is 0 Å². The van der Waals surface area contributed by atoms with Crippen LogP contribution >= 0.6 is 11.6 Å². The van der Waals surface area contributed by atoms with Crippen LogP contribution in [0.5, 0.6) is 11.5 Å². The number of carbonyl (C=O) groups excluding carboxylic acids is 1. The Labute approximate surface area is 219 Å². The van der Waals surface area contributed by atoms with Gasteiger partial charge in [0.15, 0.2) is 0 Å². The number of hydrogen-bond acceptors (Lipinski definition) is 3. The van der Waals surface area contributed by atoms with Crippen LogP contribution < -0.4 is 10.1 Å². The van der Waals surface area contributed by atoms with Gasteiger partial charge in [0.1, 0.15) is 23.0 Å². The average molecular weight is 523 g/mol. The van der Waals surface area contributed by atoms with Crippen molar-refractivity contribution in [3.05, 3.63) is 93.4 Å². The molecule has 0 saturated heterocycles. The molecular weight excluding hydrogens is 495 g/mol. The Hall–Kier alpha value is -3.84. The Balaban J connectivity index is 1.53. The third kappa shape index (κ3) is 5.78. The zero-order chi connectivity index (χ0) is 26.9. The first-order chi connectivity index (χ1) is 17.5. The number of carboxylic acids is 1. The van der Waals surface area contributed by atoms with Crippen molar-refractivity contribution in [3.8, 4) is 11.5 Å². The maximum Gasteiger partial charge on any atom is 0.303 e. The number of rotatable bonds is 8. The minimum absolute atomic E-state index is 0.0456. The van der Waals surface area contributed by atoms with Crippen LogP contribution in [-0.4, -0.2) is 21.6 Å². The molecule has 0 unspecified atom stereocenters. The molecule has 0 aliphatic rings. The molecule has 6 nitrogen and oxygen atoms in total. The number of nitrogens with zero attached hydrogens (tertiary/aromatic N) is 1. The number of nitrogens with one attached hydrogen (secondary N) is 1. The third-order valence-corrected chi connectivity index (χ3v) is 6.76. The van der Waals surface area contributed by atoms with Crippen LogP contribution in [0.4, 0.5) is 4.39 Å². The van der Waals surface area contributed by atoms with Gasteiger partial charge in [-0.05, 0) is 91.9 Å². The third-order valence-electron chi connectivity index (χ3n) is 6.53. The van der Waals surface area contributed by atoms with E-state index in [1.165, 1.54) is 12.1 Å². The summed E-state index contributed by atoms with van der Waals surface area (Å²) in [6, 6.07) is 14.7. The fourth-order valence-electron chi connectivity index (χ4n) is 4.55. The largest absolute Gasteiger partial charge is 0.481 e. The highest BCUT2D eigenvalue weighted by Crippen LogP contribution is 2.30. The van der Waals surface area contributed by atoms with Gasteiger partial charge < -0.3 is 19.7 Å². The first-order valence-electron chi connectivity index (χ1n) is 11.9. The van der Waals surface area contributed by atoms with Crippen molar-refractivity contribution in [1.82, 2.24) is 9.88 Å². The van der Waals surface area contributed by atoms with E-state index in [2.05, 4.69) is 5.32 Å². The molecule has 1 amide bonds.